The average Bonchev–Trinajstić information content (AvgIpc) is 2.27. The molecule has 0 aliphatic rings. The van der Waals surface area contributed by atoms with Gasteiger partial charge in [-0.15, -0.1) is 0 Å². The molecule has 0 saturated carbocycles. The summed E-state index contributed by atoms with van der Waals surface area (Å²) < 4.78 is 0. The van der Waals surface area contributed by atoms with E-state index in [2.05, 4.69) is 64.6 Å². The highest BCUT2D eigenvalue weighted by molar-refractivity contribution is 9.09. The van der Waals surface area contributed by atoms with Crippen molar-refractivity contribution in [3.8, 4) is 0 Å². The lowest BCUT2D eigenvalue weighted by Crippen LogP contribution is -2.43. The minimum atomic E-state index is 0.00203. The molecule has 0 fully saturated rings. The Hall–Kier alpha value is -0.640. The number of aryl methyl sites for hydroxylation is 1. The number of hydrogen-bond acceptors (Lipinski definition) is 3. The summed E-state index contributed by atoms with van der Waals surface area (Å²) in [5, 5.41) is 0.880. The second kappa shape index (κ2) is 5.34. The zero-order chi connectivity index (χ0) is 13.2. The zero-order valence-corrected chi connectivity index (χ0v) is 13.2. The first kappa shape index (κ1) is 14.4. The predicted molar refractivity (Wildman–Crippen MR) is 77.1 cm³/mol. The Morgan fingerprint density at radius 2 is 1.94 bits per heavy atom. The number of rotatable bonds is 4. The van der Waals surface area contributed by atoms with Crippen LogP contribution in [-0.2, 0) is 0 Å². The number of anilines is 1. The largest absolute Gasteiger partial charge is 0.338 e. The summed E-state index contributed by atoms with van der Waals surface area (Å²) in [6.45, 7) is 10.7. The van der Waals surface area contributed by atoms with E-state index >= 15 is 0 Å². The van der Waals surface area contributed by atoms with Crippen LogP contribution in [0.1, 0.15) is 45.0 Å². The van der Waals surface area contributed by atoms with Crippen LogP contribution in [0, 0.1) is 6.92 Å². The van der Waals surface area contributed by atoms with E-state index in [0.29, 0.717) is 5.92 Å². The van der Waals surface area contributed by atoms with Gasteiger partial charge in [0.05, 0.1) is 0 Å². The zero-order valence-electron chi connectivity index (χ0n) is 11.6. The maximum Gasteiger partial charge on any atom is 0.225 e. The Kier molecular flexibility index (Phi) is 4.53. The summed E-state index contributed by atoms with van der Waals surface area (Å²) in [6.07, 6.45) is 0. The summed E-state index contributed by atoms with van der Waals surface area (Å²) in [5.41, 5.74) is 2.13. The second-order valence-corrected chi connectivity index (χ2v) is 5.95. The molecule has 0 radical (unpaired) electrons. The first-order chi connectivity index (χ1) is 7.77. The standard InChI is InChI=1S/C13H22BrN3/c1-9(2)11-7-10(3)15-12(16-11)17(6)13(4,5)8-14/h7,9H,8H2,1-6H3. The second-order valence-electron chi connectivity index (χ2n) is 5.39. The van der Waals surface area contributed by atoms with Gasteiger partial charge < -0.3 is 4.90 Å². The average molecular weight is 300 g/mol. The summed E-state index contributed by atoms with van der Waals surface area (Å²) in [5.74, 6) is 1.23. The molecule has 0 unspecified atom stereocenters. The van der Waals surface area contributed by atoms with Crippen LogP contribution in [0.15, 0.2) is 6.07 Å². The van der Waals surface area contributed by atoms with Crippen molar-refractivity contribution in [2.45, 2.75) is 46.1 Å². The van der Waals surface area contributed by atoms with Crippen molar-refractivity contribution in [3.05, 3.63) is 17.5 Å². The van der Waals surface area contributed by atoms with Crippen molar-refractivity contribution in [2.24, 2.45) is 0 Å². The van der Waals surface area contributed by atoms with Crippen LogP contribution in [0.25, 0.3) is 0 Å². The van der Waals surface area contributed by atoms with Crippen molar-refractivity contribution in [2.75, 3.05) is 17.3 Å². The smallest absolute Gasteiger partial charge is 0.225 e. The third-order valence-electron chi connectivity index (χ3n) is 2.99. The molecule has 0 atom stereocenters. The normalized spacial score (nSPS) is 12.0. The van der Waals surface area contributed by atoms with Crippen LogP contribution in [0.3, 0.4) is 0 Å². The van der Waals surface area contributed by atoms with Gasteiger partial charge in [0.15, 0.2) is 0 Å². The fourth-order valence-corrected chi connectivity index (χ4v) is 1.76. The molecule has 0 amide bonds. The molecular formula is C13H22BrN3. The molecule has 0 N–H and O–H groups in total. The number of aromatic nitrogens is 2. The molecule has 96 valence electrons. The van der Waals surface area contributed by atoms with Crippen LogP contribution in [0.2, 0.25) is 0 Å². The number of nitrogens with zero attached hydrogens (tertiary/aromatic N) is 3. The van der Waals surface area contributed by atoms with Gasteiger partial charge >= 0.3 is 0 Å². The first-order valence-corrected chi connectivity index (χ1v) is 7.05. The summed E-state index contributed by atoms with van der Waals surface area (Å²) >= 11 is 3.54. The minimum Gasteiger partial charge on any atom is -0.338 e. The molecule has 4 heteroatoms. The Labute approximate surface area is 113 Å². The molecule has 0 aromatic carbocycles. The fourth-order valence-electron chi connectivity index (χ4n) is 1.38. The molecule has 1 aromatic heterocycles. The maximum atomic E-state index is 4.64. The Morgan fingerprint density at radius 1 is 1.35 bits per heavy atom. The predicted octanol–water partition coefficient (Wildman–Crippen LogP) is 3.52. The highest BCUT2D eigenvalue weighted by atomic mass is 79.9. The lowest BCUT2D eigenvalue weighted by Gasteiger charge is -2.34. The maximum absolute atomic E-state index is 4.64. The monoisotopic (exact) mass is 299 g/mol. The molecule has 0 aliphatic heterocycles. The van der Waals surface area contributed by atoms with Gasteiger partial charge in [0.1, 0.15) is 0 Å². The number of halogens is 1. The molecular weight excluding hydrogens is 278 g/mol. The van der Waals surface area contributed by atoms with E-state index in [1.807, 2.05) is 14.0 Å². The van der Waals surface area contributed by atoms with E-state index in [-0.39, 0.29) is 5.54 Å². The van der Waals surface area contributed by atoms with Crippen molar-refractivity contribution >= 4 is 21.9 Å². The Morgan fingerprint density at radius 3 is 2.41 bits per heavy atom. The van der Waals surface area contributed by atoms with E-state index in [9.17, 15) is 0 Å². The quantitative estimate of drug-likeness (QED) is 0.797. The molecule has 0 saturated heterocycles. The Bertz CT molecular complexity index is 388. The van der Waals surface area contributed by atoms with E-state index in [4.69, 9.17) is 0 Å². The molecule has 0 bridgehead atoms. The molecule has 1 heterocycles. The van der Waals surface area contributed by atoms with Crippen LogP contribution in [0.5, 0.6) is 0 Å². The van der Waals surface area contributed by atoms with Gasteiger partial charge in [0.25, 0.3) is 0 Å². The molecule has 0 aliphatic carbocycles. The van der Waals surface area contributed by atoms with Gasteiger partial charge in [-0.05, 0) is 32.8 Å². The van der Waals surface area contributed by atoms with Gasteiger partial charge in [0, 0.05) is 29.3 Å². The minimum absolute atomic E-state index is 0.00203. The molecule has 1 aromatic rings. The van der Waals surface area contributed by atoms with Crippen molar-refractivity contribution in [1.82, 2.24) is 9.97 Å². The van der Waals surface area contributed by atoms with Gasteiger partial charge in [-0.1, -0.05) is 29.8 Å². The molecule has 0 spiro atoms. The van der Waals surface area contributed by atoms with Crippen molar-refractivity contribution in [1.29, 1.82) is 0 Å². The third kappa shape index (κ3) is 3.41. The van der Waals surface area contributed by atoms with E-state index in [0.717, 1.165) is 22.7 Å². The van der Waals surface area contributed by atoms with Gasteiger partial charge in [-0.2, -0.15) is 0 Å². The topological polar surface area (TPSA) is 29.0 Å². The summed E-state index contributed by atoms with van der Waals surface area (Å²) in [4.78, 5) is 11.3. The molecule has 1 rings (SSSR count). The van der Waals surface area contributed by atoms with E-state index in [1.54, 1.807) is 0 Å². The van der Waals surface area contributed by atoms with Gasteiger partial charge in [-0.3, -0.25) is 0 Å². The van der Waals surface area contributed by atoms with E-state index in [1.165, 1.54) is 0 Å². The summed E-state index contributed by atoms with van der Waals surface area (Å²) in [7, 11) is 2.04. The highest BCUT2D eigenvalue weighted by Crippen LogP contribution is 2.23. The SMILES string of the molecule is Cc1cc(C(C)C)nc(N(C)C(C)(C)CBr)n1. The van der Waals surface area contributed by atoms with Crippen LogP contribution >= 0.6 is 15.9 Å². The van der Waals surface area contributed by atoms with Gasteiger partial charge in [0.2, 0.25) is 5.95 Å². The lowest BCUT2D eigenvalue weighted by atomic mass is 10.1. The van der Waals surface area contributed by atoms with Crippen LogP contribution < -0.4 is 4.90 Å². The summed E-state index contributed by atoms with van der Waals surface area (Å²) in [6, 6.07) is 2.06. The lowest BCUT2D eigenvalue weighted by molar-refractivity contribution is 0.538. The van der Waals surface area contributed by atoms with E-state index < -0.39 is 0 Å². The van der Waals surface area contributed by atoms with Crippen LogP contribution in [0.4, 0.5) is 5.95 Å². The van der Waals surface area contributed by atoms with Crippen molar-refractivity contribution < 1.29 is 0 Å². The fraction of sp³-hybridized carbons (Fsp3) is 0.692. The first-order valence-electron chi connectivity index (χ1n) is 5.93. The molecule has 3 nitrogen and oxygen atoms in total. The Balaban J connectivity index is 3.14. The van der Waals surface area contributed by atoms with Crippen LogP contribution in [-0.4, -0.2) is 27.9 Å². The molecule has 17 heavy (non-hydrogen) atoms. The van der Waals surface area contributed by atoms with Gasteiger partial charge in [-0.25, -0.2) is 9.97 Å². The third-order valence-corrected chi connectivity index (χ3v) is 4.36. The number of alkyl halides is 1. The highest BCUT2D eigenvalue weighted by Gasteiger charge is 2.24. The number of hydrogen-bond donors (Lipinski definition) is 0. The van der Waals surface area contributed by atoms with Crippen molar-refractivity contribution in [3.63, 3.8) is 0 Å².